The van der Waals surface area contributed by atoms with E-state index < -0.39 is 11.3 Å². The molecule has 2 heterocycles. The molecular weight excluding hydrogens is 405 g/mol. The number of pyridine rings is 1. The van der Waals surface area contributed by atoms with Crippen molar-refractivity contribution in [3.05, 3.63) is 87.6 Å². The topological polar surface area (TPSA) is 73.2 Å². The van der Waals surface area contributed by atoms with Crippen LogP contribution in [0.5, 0.6) is 5.75 Å². The third kappa shape index (κ3) is 4.08. The van der Waals surface area contributed by atoms with Crippen LogP contribution >= 0.6 is 11.3 Å². The first-order valence-corrected chi connectivity index (χ1v) is 9.98. The van der Waals surface area contributed by atoms with E-state index in [4.69, 9.17) is 4.74 Å². The highest BCUT2D eigenvalue weighted by molar-refractivity contribution is 7.22. The number of halogens is 1. The van der Waals surface area contributed by atoms with Gasteiger partial charge in [0.05, 0.1) is 16.4 Å². The van der Waals surface area contributed by atoms with Crippen LogP contribution in [0.2, 0.25) is 0 Å². The Labute approximate surface area is 175 Å². The molecule has 0 bridgehead atoms. The van der Waals surface area contributed by atoms with Crippen LogP contribution in [0.25, 0.3) is 10.2 Å². The Kier molecular flexibility index (Phi) is 5.33. The van der Waals surface area contributed by atoms with E-state index in [9.17, 15) is 14.0 Å². The lowest BCUT2D eigenvalue weighted by Crippen LogP contribution is -2.21. The number of anilines is 1. The molecule has 0 saturated carbocycles. The highest BCUT2D eigenvalue weighted by Crippen LogP contribution is 2.28. The van der Waals surface area contributed by atoms with E-state index in [0.717, 1.165) is 21.3 Å². The van der Waals surface area contributed by atoms with E-state index in [1.54, 1.807) is 19.2 Å². The molecule has 0 fully saturated rings. The Morgan fingerprint density at radius 1 is 1.23 bits per heavy atom. The third-order valence-corrected chi connectivity index (χ3v) is 5.52. The molecule has 30 heavy (non-hydrogen) atoms. The summed E-state index contributed by atoms with van der Waals surface area (Å²) in [5, 5.41) is 3.22. The molecule has 2 aromatic carbocycles. The average Bonchev–Trinajstić information content (AvgIpc) is 3.13. The van der Waals surface area contributed by atoms with Gasteiger partial charge in [0.15, 0.2) is 10.9 Å². The Morgan fingerprint density at radius 2 is 2.00 bits per heavy atom. The van der Waals surface area contributed by atoms with E-state index in [1.807, 2.05) is 25.1 Å². The number of carbonyl (C=O) groups is 1. The van der Waals surface area contributed by atoms with Gasteiger partial charge in [0.25, 0.3) is 5.91 Å². The van der Waals surface area contributed by atoms with Gasteiger partial charge in [-0.1, -0.05) is 35.6 Å². The molecule has 1 N–H and O–H groups in total. The van der Waals surface area contributed by atoms with Crippen LogP contribution in [0.4, 0.5) is 9.52 Å². The van der Waals surface area contributed by atoms with Crippen LogP contribution in [0.1, 0.15) is 21.6 Å². The minimum absolute atomic E-state index is 0.106. The number of amides is 1. The Balaban J connectivity index is 1.51. The maximum atomic E-state index is 13.0. The van der Waals surface area contributed by atoms with Gasteiger partial charge in [0.2, 0.25) is 5.43 Å². The molecule has 4 aromatic rings. The second-order valence-electron chi connectivity index (χ2n) is 6.81. The number of nitrogens with one attached hydrogen (secondary N) is 1. The number of thiazole rings is 1. The lowest BCUT2D eigenvalue weighted by Gasteiger charge is -2.11. The predicted molar refractivity (Wildman–Crippen MR) is 115 cm³/mol. The monoisotopic (exact) mass is 423 g/mol. The van der Waals surface area contributed by atoms with Crippen LogP contribution in [0.15, 0.2) is 59.5 Å². The molecule has 0 atom stereocenters. The van der Waals surface area contributed by atoms with Crippen LogP contribution in [0.3, 0.4) is 0 Å². The summed E-state index contributed by atoms with van der Waals surface area (Å²) < 4.78 is 21.0. The molecule has 4 rings (SSSR count). The molecule has 0 aliphatic rings. The molecule has 0 aliphatic heterocycles. The zero-order chi connectivity index (χ0) is 21.3. The number of hydrogen-bond acceptors (Lipinski definition) is 5. The van der Waals surface area contributed by atoms with Crippen LogP contribution in [0, 0.1) is 12.7 Å². The van der Waals surface area contributed by atoms with Crippen molar-refractivity contribution in [1.29, 1.82) is 0 Å². The zero-order valence-corrected chi connectivity index (χ0v) is 17.1. The van der Waals surface area contributed by atoms with E-state index >= 15 is 0 Å². The molecule has 152 valence electrons. The first-order valence-electron chi connectivity index (χ1n) is 9.16. The minimum atomic E-state index is -0.434. The van der Waals surface area contributed by atoms with Gasteiger partial charge in [0.1, 0.15) is 18.1 Å². The Morgan fingerprint density at radius 3 is 2.73 bits per heavy atom. The summed E-state index contributed by atoms with van der Waals surface area (Å²) in [4.78, 5) is 29.6. The molecular formula is C22H18FN3O3S. The number of rotatable bonds is 5. The van der Waals surface area contributed by atoms with Gasteiger partial charge >= 0.3 is 0 Å². The molecule has 0 spiro atoms. The molecule has 0 aliphatic carbocycles. The number of aryl methyl sites for hydroxylation is 2. The number of nitrogens with zero attached hydrogens (tertiary/aromatic N) is 2. The lowest BCUT2D eigenvalue weighted by molar-refractivity contribution is 0.101. The average molecular weight is 423 g/mol. The summed E-state index contributed by atoms with van der Waals surface area (Å²) in [6.45, 7) is 2.08. The summed E-state index contributed by atoms with van der Waals surface area (Å²) in [5.41, 5.74) is 2.37. The van der Waals surface area contributed by atoms with Gasteiger partial charge in [-0.3, -0.25) is 14.9 Å². The normalized spacial score (nSPS) is 10.9. The smallest absolute Gasteiger partial charge is 0.274 e. The summed E-state index contributed by atoms with van der Waals surface area (Å²) in [5.74, 6) is -0.668. The first-order chi connectivity index (χ1) is 14.4. The molecule has 0 unspecified atom stereocenters. The second kappa shape index (κ2) is 8.08. The number of para-hydroxylation sites is 1. The van der Waals surface area contributed by atoms with Gasteiger partial charge in [-0.15, -0.1) is 0 Å². The van der Waals surface area contributed by atoms with Crippen molar-refractivity contribution in [1.82, 2.24) is 9.55 Å². The maximum absolute atomic E-state index is 13.0. The minimum Gasteiger partial charge on any atom is -0.483 e. The SMILES string of the molecule is Cc1cccc2sc(NC(=O)c3cc(=O)c(OCc4ccc(F)cc4)cn3C)nc12. The number of aromatic nitrogens is 2. The van der Waals surface area contributed by atoms with Crippen molar-refractivity contribution in [3.8, 4) is 5.75 Å². The highest BCUT2D eigenvalue weighted by Gasteiger charge is 2.15. The standard InChI is InChI=1S/C22H18FN3O3S/c1-13-4-3-5-19-20(13)24-22(30-19)25-21(28)16-10-17(27)18(11-26(16)2)29-12-14-6-8-15(23)9-7-14/h3-11H,12H2,1-2H3,(H,24,25,28). The number of hydrogen-bond donors (Lipinski definition) is 1. The fourth-order valence-corrected chi connectivity index (χ4v) is 3.92. The van der Waals surface area contributed by atoms with E-state index in [0.29, 0.717) is 5.13 Å². The van der Waals surface area contributed by atoms with Gasteiger partial charge in [-0.2, -0.15) is 0 Å². The van der Waals surface area contributed by atoms with Crippen molar-refractivity contribution < 1.29 is 13.9 Å². The molecule has 8 heteroatoms. The van der Waals surface area contributed by atoms with Gasteiger partial charge < -0.3 is 9.30 Å². The fraction of sp³-hybridized carbons (Fsp3) is 0.136. The number of ether oxygens (including phenoxy) is 1. The molecule has 0 radical (unpaired) electrons. The van der Waals surface area contributed by atoms with Crippen molar-refractivity contribution in [2.45, 2.75) is 13.5 Å². The molecule has 2 aromatic heterocycles. The molecule has 0 saturated heterocycles. The summed E-state index contributed by atoms with van der Waals surface area (Å²) in [6, 6.07) is 12.9. The first kappa shape index (κ1) is 19.8. The molecule has 6 nitrogen and oxygen atoms in total. The van der Waals surface area contributed by atoms with Gasteiger partial charge in [-0.05, 0) is 36.2 Å². The van der Waals surface area contributed by atoms with Crippen molar-refractivity contribution in [2.24, 2.45) is 7.05 Å². The summed E-state index contributed by atoms with van der Waals surface area (Å²) in [6.07, 6.45) is 1.46. The van der Waals surface area contributed by atoms with E-state index in [2.05, 4.69) is 10.3 Å². The fourth-order valence-electron chi connectivity index (χ4n) is 2.98. The van der Waals surface area contributed by atoms with Crippen LogP contribution < -0.4 is 15.5 Å². The quantitative estimate of drug-likeness (QED) is 0.520. The zero-order valence-electron chi connectivity index (χ0n) is 16.3. The number of benzene rings is 2. The van der Waals surface area contributed by atoms with E-state index in [-0.39, 0.29) is 23.9 Å². The predicted octanol–water partition coefficient (Wildman–Crippen LogP) is 4.27. The van der Waals surface area contributed by atoms with Gasteiger partial charge in [-0.25, -0.2) is 9.37 Å². The van der Waals surface area contributed by atoms with Crippen molar-refractivity contribution in [3.63, 3.8) is 0 Å². The van der Waals surface area contributed by atoms with Crippen molar-refractivity contribution >= 4 is 32.6 Å². The summed E-state index contributed by atoms with van der Waals surface area (Å²) >= 11 is 1.37. The lowest BCUT2D eigenvalue weighted by atomic mass is 10.2. The molecule has 1 amide bonds. The second-order valence-corrected chi connectivity index (χ2v) is 7.84. The third-order valence-electron chi connectivity index (χ3n) is 4.58. The largest absolute Gasteiger partial charge is 0.483 e. The van der Waals surface area contributed by atoms with E-state index in [1.165, 1.54) is 40.3 Å². The van der Waals surface area contributed by atoms with Crippen LogP contribution in [-0.4, -0.2) is 15.5 Å². The maximum Gasteiger partial charge on any atom is 0.274 e. The Bertz CT molecular complexity index is 1300. The van der Waals surface area contributed by atoms with Gasteiger partial charge in [0, 0.05) is 13.1 Å². The number of fused-ring (bicyclic) bond motifs is 1. The Hall–Kier alpha value is -3.52. The number of carbonyl (C=O) groups excluding carboxylic acids is 1. The summed E-state index contributed by atoms with van der Waals surface area (Å²) in [7, 11) is 1.65. The van der Waals surface area contributed by atoms with Crippen molar-refractivity contribution in [2.75, 3.05) is 5.32 Å². The van der Waals surface area contributed by atoms with Crippen LogP contribution in [-0.2, 0) is 13.7 Å². The highest BCUT2D eigenvalue weighted by atomic mass is 32.1.